The normalized spacial score (nSPS) is 12.2. The number of nitrogens with two attached hydrogens (primary N) is 1. The first-order valence-corrected chi connectivity index (χ1v) is 28.5. The molecule has 0 radical (unpaired) electrons. The number of halogens is 2. The number of ether oxygens (including phenoxy) is 2. The number of benzene rings is 8. The lowest BCUT2D eigenvalue weighted by Gasteiger charge is -2.09. The van der Waals surface area contributed by atoms with Crippen LogP contribution in [0.25, 0.3) is 0 Å². The molecule has 0 aliphatic heterocycles. The van der Waals surface area contributed by atoms with Crippen LogP contribution in [0.1, 0.15) is 101 Å². The second-order valence-corrected chi connectivity index (χ2v) is 19.8. The first kappa shape index (κ1) is 68.7. The van der Waals surface area contributed by atoms with Gasteiger partial charge in [0.1, 0.15) is 22.5 Å². The molecule has 18 heteroatoms. The van der Waals surface area contributed by atoms with E-state index < -0.39 is 11.9 Å². The lowest BCUT2D eigenvalue weighted by Crippen LogP contribution is -2.23. The zero-order valence-corrected chi connectivity index (χ0v) is 50.0. The van der Waals surface area contributed by atoms with E-state index in [9.17, 15) is 24.4 Å². The van der Waals surface area contributed by atoms with Crippen molar-refractivity contribution in [1.29, 1.82) is 0 Å². The van der Waals surface area contributed by atoms with Crippen LogP contribution in [0, 0.1) is 0 Å². The van der Waals surface area contributed by atoms with Crippen molar-refractivity contribution >= 4 is 69.1 Å². The van der Waals surface area contributed by atoms with Gasteiger partial charge in [-0.15, -0.1) is 12.4 Å². The van der Waals surface area contributed by atoms with Crippen molar-refractivity contribution in [3.8, 4) is 0 Å². The minimum Gasteiger partial charge on any atom is -0.468 e. The number of aryl methyl sites for hydroxylation is 8. The summed E-state index contributed by atoms with van der Waals surface area (Å²) < 4.78 is 8.78. The second-order valence-electron chi connectivity index (χ2n) is 19.3. The van der Waals surface area contributed by atoms with Gasteiger partial charge in [-0.1, -0.05) is 233 Å². The molecule has 4 aliphatic carbocycles. The Morgan fingerprint density at radius 2 is 0.678 bits per heavy atom. The fourth-order valence-corrected chi connectivity index (χ4v) is 10.4. The molecule has 12 rings (SSSR count). The monoisotopic (exact) mass is 1260 g/mol. The van der Waals surface area contributed by atoms with Gasteiger partial charge in [-0.2, -0.15) is 0 Å². The fraction of sp³-hybridized carbons (Fsp3) is 0.203. The van der Waals surface area contributed by atoms with Gasteiger partial charge in [-0.3, -0.25) is 19.6 Å². The van der Waals surface area contributed by atoms with Crippen LogP contribution in [0.3, 0.4) is 0 Å². The Hall–Kier alpha value is -9.10. The summed E-state index contributed by atoms with van der Waals surface area (Å²) in [4.78, 5) is 54.8. The Bertz CT molecular complexity index is 3360. The van der Waals surface area contributed by atoms with Crippen LogP contribution in [0.15, 0.2) is 210 Å². The van der Waals surface area contributed by atoms with Crippen LogP contribution >= 0.6 is 28.3 Å². The van der Waals surface area contributed by atoms with Crippen LogP contribution in [-0.2, 0) is 84.9 Å². The number of hydrogen-bond acceptors (Lipinski definition) is 15. The highest BCUT2D eigenvalue weighted by molar-refractivity contribution is 9.09. The van der Waals surface area contributed by atoms with Crippen molar-refractivity contribution in [2.75, 3.05) is 32.8 Å². The molecule has 0 atom stereocenters. The van der Waals surface area contributed by atoms with E-state index in [1.807, 2.05) is 146 Å². The molecular formula is C69H71BrClN5O11. The summed E-state index contributed by atoms with van der Waals surface area (Å²) in [7, 11) is 2.68. The third-order valence-corrected chi connectivity index (χ3v) is 14.8. The number of hydroxylamine groups is 1. The van der Waals surface area contributed by atoms with Gasteiger partial charge in [0, 0.05) is 44.5 Å². The van der Waals surface area contributed by atoms with E-state index in [2.05, 4.69) is 95.3 Å². The molecule has 8 aromatic rings. The Kier molecular flexibility index (Phi) is 28.4. The van der Waals surface area contributed by atoms with Gasteiger partial charge < -0.3 is 29.6 Å². The van der Waals surface area contributed by atoms with Crippen molar-refractivity contribution in [1.82, 2.24) is 5.48 Å². The predicted octanol–water partition coefficient (Wildman–Crippen LogP) is 11.8. The Labute approximate surface area is 521 Å². The summed E-state index contributed by atoms with van der Waals surface area (Å²) in [6, 6.07) is 64.6. The van der Waals surface area contributed by atoms with Crippen LogP contribution in [0.5, 0.6) is 0 Å². The summed E-state index contributed by atoms with van der Waals surface area (Å²) >= 11 is 2.90. The van der Waals surface area contributed by atoms with E-state index >= 15 is 0 Å². The summed E-state index contributed by atoms with van der Waals surface area (Å²) in [6.07, 6.45) is 7.69. The van der Waals surface area contributed by atoms with Gasteiger partial charge in [-0.05, 0) is 95.9 Å². The number of amides is 1. The third kappa shape index (κ3) is 18.5. The van der Waals surface area contributed by atoms with Gasteiger partial charge in [0.2, 0.25) is 6.61 Å². The quantitative estimate of drug-likeness (QED) is 0.0329. The largest absolute Gasteiger partial charge is 0.468 e. The number of fused-ring (bicyclic) bond motifs is 8. The van der Waals surface area contributed by atoms with Gasteiger partial charge >= 0.3 is 11.9 Å². The van der Waals surface area contributed by atoms with E-state index in [1.165, 1.54) is 64.2 Å². The number of esters is 2. The zero-order chi connectivity index (χ0) is 60.3. The molecule has 0 heterocycles. The molecule has 0 saturated heterocycles. The molecule has 1 amide bonds. The van der Waals surface area contributed by atoms with Gasteiger partial charge in [-0.25, -0.2) is 16.2 Å². The lowest BCUT2D eigenvalue weighted by atomic mass is 9.98. The van der Waals surface area contributed by atoms with Gasteiger partial charge in [0.25, 0.3) is 5.91 Å². The van der Waals surface area contributed by atoms with Crippen molar-refractivity contribution in [2.24, 2.45) is 21.4 Å². The van der Waals surface area contributed by atoms with E-state index in [1.54, 1.807) is 0 Å². The number of methoxy groups -OCH3 is 2. The number of nitrogens with zero attached hydrogens (tertiary/aromatic N) is 3. The SMILES string of the molecule is C.COC(=O)CBr.COC(=O)CON=C1c2ccccc2CCc2ccccc21.Cl.NO.O=C(CON=C1c2ccccc2CCc2ccccc21)NO.O=C1c2ccccc2CCc2ccccc21.ON=C1c2ccccc2CCc2ccccc21. The third-order valence-electron chi connectivity index (χ3n) is 14.3. The highest BCUT2D eigenvalue weighted by atomic mass is 79.9. The topological polar surface area (TPSA) is 241 Å². The van der Waals surface area contributed by atoms with Crippen molar-refractivity contribution < 1.29 is 53.9 Å². The number of carbonyl (C=O) groups is 4. The summed E-state index contributed by atoms with van der Waals surface area (Å²) in [5, 5.41) is 36.5. The molecule has 16 nitrogen and oxygen atoms in total. The molecule has 452 valence electrons. The van der Waals surface area contributed by atoms with Crippen molar-refractivity contribution in [3.63, 3.8) is 0 Å². The molecule has 8 aromatic carbocycles. The molecule has 4 aliphatic rings. The average molecular weight is 1260 g/mol. The maximum absolute atomic E-state index is 12.3. The van der Waals surface area contributed by atoms with Crippen LogP contribution < -0.4 is 11.4 Å². The fourth-order valence-electron chi connectivity index (χ4n) is 10.1. The molecule has 0 fully saturated rings. The molecule has 0 unspecified atom stereocenters. The Morgan fingerprint density at radius 3 is 0.920 bits per heavy atom. The van der Waals surface area contributed by atoms with E-state index in [0.29, 0.717) is 5.71 Å². The Balaban J connectivity index is 0.000000203. The molecular weight excluding hydrogens is 1190 g/mol. The molecule has 0 saturated carbocycles. The first-order chi connectivity index (χ1) is 41.7. The Morgan fingerprint density at radius 1 is 0.437 bits per heavy atom. The minimum absolute atomic E-state index is 0. The second kappa shape index (κ2) is 36.0. The number of alkyl halides is 1. The highest BCUT2D eigenvalue weighted by Gasteiger charge is 2.23. The number of rotatable bonds is 7. The number of hydrogen-bond donors (Lipinski definition) is 5. The number of carbonyl (C=O) groups excluding carboxylic acids is 4. The number of ketones is 1. The van der Waals surface area contributed by atoms with Crippen LogP contribution in [0.2, 0.25) is 0 Å². The first-order valence-electron chi connectivity index (χ1n) is 27.4. The zero-order valence-electron chi connectivity index (χ0n) is 47.6. The standard InChI is InChI=1S/C18H17NO3.C17H16N2O3.C15H13NO.C15H12O.C3H5BrO2.CH4.ClH.H3NO/c1-21-17(20)12-22-19-18-15-8-4-2-6-13(15)10-11-14-7-3-5-9-16(14)18;20-16(18-21)11-22-19-17-14-7-3-1-5-12(14)9-10-13-6-2-4-8-15(13)17;17-16-15-13-7-3-1-5-11(13)9-10-12-6-2-4-8-14(12)15;16-15-13-7-3-1-5-11(13)9-10-12-6-2-4-8-14(12)15;1-6-3(5)2-4;;;1-2/h2-9H,10-12H2,1H3;1-8,21H,9-11H2,(H,18,20);1-8,17H,9-10H2;1-8H,9-10H2;2H2,1H3;1H4;1H;2H,1H2. The highest BCUT2D eigenvalue weighted by Crippen LogP contribution is 2.29. The lowest BCUT2D eigenvalue weighted by molar-refractivity contribution is -0.145. The van der Waals surface area contributed by atoms with Gasteiger partial charge in [0.05, 0.1) is 14.2 Å². The molecule has 0 aromatic heterocycles. The van der Waals surface area contributed by atoms with E-state index in [0.717, 1.165) is 107 Å². The minimum atomic E-state index is -0.639. The van der Waals surface area contributed by atoms with Gasteiger partial charge in [0.15, 0.2) is 12.4 Å². The summed E-state index contributed by atoms with van der Waals surface area (Å²) in [5.74, 6) is 2.35. The van der Waals surface area contributed by atoms with Crippen LogP contribution in [0.4, 0.5) is 0 Å². The number of oxime groups is 3. The van der Waals surface area contributed by atoms with Crippen molar-refractivity contribution in [3.05, 3.63) is 283 Å². The number of nitrogens with one attached hydrogen (secondary N) is 1. The summed E-state index contributed by atoms with van der Waals surface area (Å²) in [5.41, 5.74) is 21.4. The molecule has 87 heavy (non-hydrogen) atoms. The smallest absolute Gasteiger partial charge is 0.346 e. The summed E-state index contributed by atoms with van der Waals surface area (Å²) in [6.45, 7) is -0.519. The molecule has 0 spiro atoms. The maximum atomic E-state index is 12.3. The molecule has 6 N–H and O–H groups in total. The predicted molar refractivity (Wildman–Crippen MR) is 343 cm³/mol. The van der Waals surface area contributed by atoms with E-state index in [-0.39, 0.29) is 50.1 Å². The van der Waals surface area contributed by atoms with Crippen LogP contribution in [-0.4, -0.2) is 89.1 Å². The maximum Gasteiger partial charge on any atom is 0.346 e. The van der Waals surface area contributed by atoms with Crippen molar-refractivity contribution in [2.45, 2.75) is 58.8 Å². The molecule has 0 bridgehead atoms. The van der Waals surface area contributed by atoms with E-state index in [4.69, 9.17) is 20.1 Å². The average Bonchev–Trinajstić information content (AvgIpc) is 3.00.